The van der Waals surface area contributed by atoms with Gasteiger partial charge in [-0.15, -0.1) is 0 Å². The Morgan fingerprint density at radius 1 is 0.911 bits per heavy atom. The first-order valence-corrected chi connectivity index (χ1v) is 18.6. The molecule has 12 unspecified atom stereocenters. The van der Waals surface area contributed by atoms with Gasteiger partial charge in [0.2, 0.25) is 0 Å². The van der Waals surface area contributed by atoms with E-state index in [-0.39, 0.29) is 54.0 Å². The van der Waals surface area contributed by atoms with Crippen LogP contribution in [0, 0.1) is 51.2 Å². The van der Waals surface area contributed by atoms with Gasteiger partial charge >= 0.3 is 12.2 Å². The molecular weight excluding hydrogens is 568 g/mol. The Kier molecular flexibility index (Phi) is 7.34. The van der Waals surface area contributed by atoms with Crippen LogP contribution >= 0.6 is 0 Å². The summed E-state index contributed by atoms with van der Waals surface area (Å²) >= 11 is 0. The molecule has 12 atom stereocenters. The van der Waals surface area contributed by atoms with Crippen molar-refractivity contribution >= 4 is 12.2 Å². The van der Waals surface area contributed by atoms with E-state index >= 15 is 0 Å². The molecule has 0 radical (unpaired) electrons. The number of hydrogen-bond acceptors (Lipinski definition) is 6. The number of carbonyl (C=O) groups is 2. The number of amides is 2. The molecule has 0 bridgehead atoms. The summed E-state index contributed by atoms with van der Waals surface area (Å²) in [4.78, 5) is 27.5. The number of fused-ring (bicyclic) bond motifs is 4. The van der Waals surface area contributed by atoms with Crippen LogP contribution in [-0.2, 0) is 18.9 Å². The van der Waals surface area contributed by atoms with Crippen LogP contribution in [0.4, 0.5) is 9.59 Å². The van der Waals surface area contributed by atoms with Gasteiger partial charge in [0, 0.05) is 25.1 Å². The third-order valence-electron chi connectivity index (χ3n) is 15.4. The Labute approximate surface area is 270 Å². The molecule has 8 heteroatoms. The highest BCUT2D eigenvalue weighted by atomic mass is 16.6. The zero-order valence-electron chi connectivity index (χ0n) is 28.5. The van der Waals surface area contributed by atoms with Crippen LogP contribution in [0.3, 0.4) is 0 Å². The molecule has 3 aliphatic heterocycles. The number of rotatable bonds is 5. The minimum Gasteiger partial charge on any atom is -0.446 e. The Balaban J connectivity index is 0.953. The number of carbonyl (C=O) groups excluding carboxylic acids is 2. The number of likely N-dealkylation sites (tertiary alicyclic amines) is 1. The summed E-state index contributed by atoms with van der Waals surface area (Å²) in [5, 5.41) is 3.06. The Morgan fingerprint density at radius 2 is 1.71 bits per heavy atom. The molecule has 3 heterocycles. The van der Waals surface area contributed by atoms with Gasteiger partial charge in [0.25, 0.3) is 0 Å². The van der Waals surface area contributed by atoms with Crippen molar-refractivity contribution in [2.45, 2.75) is 142 Å². The van der Waals surface area contributed by atoms with E-state index in [0.717, 1.165) is 50.6 Å². The lowest BCUT2D eigenvalue weighted by atomic mass is 9.46. The average Bonchev–Trinajstić information content (AvgIpc) is 3.19. The van der Waals surface area contributed by atoms with Crippen LogP contribution in [-0.4, -0.2) is 73.8 Å². The van der Waals surface area contributed by atoms with E-state index in [4.69, 9.17) is 18.9 Å². The first-order chi connectivity index (χ1) is 21.5. The van der Waals surface area contributed by atoms with E-state index in [9.17, 15) is 9.59 Å². The molecule has 8 rings (SSSR count). The second-order valence-electron chi connectivity index (χ2n) is 17.9. The van der Waals surface area contributed by atoms with E-state index in [1.165, 1.54) is 51.4 Å². The van der Waals surface area contributed by atoms with Crippen LogP contribution in [0.25, 0.3) is 0 Å². The van der Waals surface area contributed by atoms with Gasteiger partial charge in [0.1, 0.15) is 12.2 Å². The van der Waals surface area contributed by atoms with Gasteiger partial charge in [0.05, 0.1) is 24.9 Å². The maximum absolute atomic E-state index is 12.9. The van der Waals surface area contributed by atoms with E-state index in [0.29, 0.717) is 41.3 Å². The third kappa shape index (κ3) is 4.56. The summed E-state index contributed by atoms with van der Waals surface area (Å²) in [6.07, 6.45) is 13.8. The lowest BCUT2D eigenvalue weighted by Gasteiger charge is -2.59. The number of nitrogens with one attached hydrogen (secondary N) is 1. The van der Waals surface area contributed by atoms with E-state index < -0.39 is 0 Å². The van der Waals surface area contributed by atoms with E-state index in [1.807, 2.05) is 4.90 Å². The average molecular weight is 627 g/mol. The molecule has 8 aliphatic rings. The van der Waals surface area contributed by atoms with Crippen molar-refractivity contribution in [1.82, 2.24) is 10.2 Å². The largest absolute Gasteiger partial charge is 0.446 e. The summed E-state index contributed by atoms with van der Waals surface area (Å²) in [5.41, 5.74) is 1.21. The van der Waals surface area contributed by atoms with E-state index in [1.54, 1.807) is 0 Å². The van der Waals surface area contributed by atoms with Crippen molar-refractivity contribution in [2.75, 3.05) is 26.3 Å². The molecule has 45 heavy (non-hydrogen) atoms. The quantitative estimate of drug-likeness (QED) is 0.356. The smallest absolute Gasteiger partial charge is 0.410 e. The number of alkyl carbamates (subject to hydrolysis) is 1. The highest BCUT2D eigenvalue weighted by Gasteiger charge is 2.81. The van der Waals surface area contributed by atoms with Crippen LogP contribution in [0.2, 0.25) is 0 Å². The maximum atomic E-state index is 12.9. The van der Waals surface area contributed by atoms with Crippen LogP contribution < -0.4 is 5.32 Å². The SMILES string of the molecule is CC(C)C(OC(=O)N1CCC1)C1CCC2C(CC3C4CCC5C(C)(C)C(OC(=O)NC6CCOC6)CCC56CC46CCC23C)O1. The highest BCUT2D eigenvalue weighted by Crippen LogP contribution is 2.87. The Hall–Kier alpha value is -1.54. The minimum absolute atomic E-state index is 0.00617. The summed E-state index contributed by atoms with van der Waals surface area (Å²) < 4.78 is 24.8. The van der Waals surface area contributed by atoms with Gasteiger partial charge in [-0.1, -0.05) is 34.6 Å². The molecule has 3 saturated heterocycles. The Morgan fingerprint density at radius 3 is 2.42 bits per heavy atom. The third-order valence-corrected chi connectivity index (χ3v) is 15.4. The highest BCUT2D eigenvalue weighted by molar-refractivity contribution is 5.69. The monoisotopic (exact) mass is 626 g/mol. The van der Waals surface area contributed by atoms with Gasteiger partial charge in [-0.2, -0.15) is 0 Å². The van der Waals surface area contributed by atoms with Gasteiger partial charge in [-0.3, -0.25) is 0 Å². The fraction of sp³-hybridized carbons (Fsp3) is 0.946. The van der Waals surface area contributed by atoms with Crippen molar-refractivity contribution in [3.8, 4) is 0 Å². The summed E-state index contributed by atoms with van der Waals surface area (Å²) in [6, 6.07) is 0.0835. The van der Waals surface area contributed by atoms with Crippen LogP contribution in [0.5, 0.6) is 0 Å². The van der Waals surface area contributed by atoms with Crippen molar-refractivity contribution in [2.24, 2.45) is 51.2 Å². The molecule has 0 aromatic heterocycles. The molecule has 8 nitrogen and oxygen atoms in total. The predicted molar refractivity (Wildman–Crippen MR) is 169 cm³/mol. The second kappa shape index (κ2) is 10.7. The first-order valence-electron chi connectivity index (χ1n) is 18.6. The topological polar surface area (TPSA) is 86.3 Å². The van der Waals surface area contributed by atoms with Gasteiger partial charge in [0.15, 0.2) is 0 Å². The Bertz CT molecular complexity index is 1180. The zero-order valence-corrected chi connectivity index (χ0v) is 28.5. The van der Waals surface area contributed by atoms with Crippen molar-refractivity contribution in [3.63, 3.8) is 0 Å². The molecule has 0 aromatic carbocycles. The lowest BCUT2D eigenvalue weighted by Crippen LogP contribution is -2.55. The second-order valence-corrected chi connectivity index (χ2v) is 17.9. The van der Waals surface area contributed by atoms with Crippen molar-refractivity contribution < 1.29 is 28.5 Å². The van der Waals surface area contributed by atoms with Crippen molar-refractivity contribution in [1.29, 1.82) is 0 Å². The minimum atomic E-state index is -0.256. The number of nitrogens with zero attached hydrogens (tertiary/aromatic N) is 1. The molecule has 252 valence electrons. The molecule has 0 aromatic rings. The molecular formula is C37H58N2O6. The lowest BCUT2D eigenvalue weighted by molar-refractivity contribution is -0.151. The van der Waals surface area contributed by atoms with Gasteiger partial charge in [-0.05, 0) is 123 Å². The van der Waals surface area contributed by atoms with Crippen molar-refractivity contribution in [3.05, 3.63) is 0 Å². The van der Waals surface area contributed by atoms with E-state index in [2.05, 4.69) is 39.9 Å². The number of hydrogen-bond donors (Lipinski definition) is 1. The molecule has 8 fully saturated rings. The molecule has 1 N–H and O–H groups in total. The fourth-order valence-corrected chi connectivity index (χ4v) is 13.0. The number of ether oxygens (including phenoxy) is 4. The zero-order chi connectivity index (χ0) is 31.4. The maximum Gasteiger partial charge on any atom is 0.410 e. The molecule has 5 saturated carbocycles. The summed E-state index contributed by atoms with van der Waals surface area (Å²) in [6.45, 7) is 14.7. The first kappa shape index (κ1) is 30.8. The predicted octanol–water partition coefficient (Wildman–Crippen LogP) is 6.94. The van der Waals surface area contributed by atoms with Crippen LogP contribution in [0.1, 0.15) is 112 Å². The summed E-state index contributed by atoms with van der Waals surface area (Å²) in [5.74, 6) is 2.98. The molecule has 2 amide bonds. The van der Waals surface area contributed by atoms with Gasteiger partial charge in [-0.25, -0.2) is 9.59 Å². The molecule has 5 aliphatic carbocycles. The standard InChI is InChI=1S/C37H58N2O6/c1-22(2)31(45-33(41)39-16-6-17-39)27-9-7-25-28(43-27)19-26-24-8-10-29-34(3,4)30(44-32(40)38-23-12-18-42-20-23)11-13-37(29)21-36(24,37)15-14-35(25,26)5/h22-31H,6-21H2,1-5H3,(H,38,40). The normalized spacial score (nSPS) is 48.1. The molecule has 2 spiro atoms. The van der Waals surface area contributed by atoms with Gasteiger partial charge < -0.3 is 29.2 Å². The summed E-state index contributed by atoms with van der Waals surface area (Å²) in [7, 11) is 0. The van der Waals surface area contributed by atoms with Crippen LogP contribution in [0.15, 0.2) is 0 Å². The fourth-order valence-electron chi connectivity index (χ4n) is 13.0.